The van der Waals surface area contributed by atoms with E-state index in [1.54, 1.807) is 13.0 Å². The average Bonchev–Trinajstić information content (AvgIpc) is 3.08. The molecule has 2 rings (SSSR count). The van der Waals surface area contributed by atoms with Crippen LogP contribution in [0.3, 0.4) is 0 Å². The Morgan fingerprint density at radius 1 is 1.56 bits per heavy atom. The number of aliphatic carboxylic acids is 1. The van der Waals surface area contributed by atoms with E-state index < -0.39 is 17.9 Å². The van der Waals surface area contributed by atoms with Gasteiger partial charge in [0.2, 0.25) is 0 Å². The third kappa shape index (κ3) is 2.79. The zero-order valence-corrected chi connectivity index (χ0v) is 10.6. The molecule has 1 aromatic heterocycles. The molecule has 1 heterocycles. The fourth-order valence-electron chi connectivity index (χ4n) is 1.72. The van der Waals surface area contributed by atoms with Gasteiger partial charge in [-0.25, -0.2) is 4.79 Å². The third-order valence-electron chi connectivity index (χ3n) is 2.88. The minimum Gasteiger partial charge on any atom is -0.480 e. The van der Waals surface area contributed by atoms with E-state index in [9.17, 15) is 9.59 Å². The molecule has 0 aliphatic heterocycles. The number of carbonyl (C=O) groups is 2. The second-order valence-electron chi connectivity index (χ2n) is 4.43. The highest BCUT2D eigenvalue weighted by molar-refractivity contribution is 6.33. The lowest BCUT2D eigenvalue weighted by Crippen LogP contribution is -2.42. The summed E-state index contributed by atoms with van der Waals surface area (Å²) < 4.78 is 0. The number of hydrogen-bond donors (Lipinski definition) is 2. The monoisotopic (exact) mass is 268 g/mol. The first-order chi connectivity index (χ1) is 8.49. The third-order valence-corrected chi connectivity index (χ3v) is 3.19. The van der Waals surface area contributed by atoms with Crippen LogP contribution in [0, 0.1) is 12.8 Å². The molecule has 6 heteroatoms. The van der Waals surface area contributed by atoms with Gasteiger partial charge in [0.25, 0.3) is 5.91 Å². The molecule has 1 fully saturated rings. The van der Waals surface area contributed by atoms with Gasteiger partial charge in [-0.1, -0.05) is 11.6 Å². The molecule has 1 amide bonds. The number of nitrogens with zero attached hydrogens (tertiary/aromatic N) is 1. The van der Waals surface area contributed by atoms with Crippen LogP contribution < -0.4 is 5.32 Å². The van der Waals surface area contributed by atoms with Crippen molar-refractivity contribution >= 4 is 23.5 Å². The van der Waals surface area contributed by atoms with Crippen molar-refractivity contribution < 1.29 is 14.7 Å². The van der Waals surface area contributed by atoms with Gasteiger partial charge in [0.1, 0.15) is 6.04 Å². The molecule has 1 atom stereocenters. The van der Waals surface area contributed by atoms with E-state index in [1.807, 2.05) is 0 Å². The van der Waals surface area contributed by atoms with Crippen LogP contribution in [0.5, 0.6) is 0 Å². The Labute approximate surface area is 109 Å². The largest absolute Gasteiger partial charge is 0.480 e. The summed E-state index contributed by atoms with van der Waals surface area (Å²) in [6.45, 7) is 1.76. The molecule has 1 aliphatic rings. The molecular weight excluding hydrogens is 256 g/mol. The lowest BCUT2D eigenvalue weighted by molar-refractivity contribution is -0.139. The molecule has 1 unspecified atom stereocenters. The van der Waals surface area contributed by atoms with Crippen LogP contribution >= 0.6 is 11.6 Å². The van der Waals surface area contributed by atoms with E-state index in [4.69, 9.17) is 16.7 Å². The summed E-state index contributed by atoms with van der Waals surface area (Å²) in [6, 6.07) is 0.735. The second-order valence-corrected chi connectivity index (χ2v) is 4.84. The number of carboxylic acids is 1. The molecule has 5 nitrogen and oxygen atoms in total. The molecular formula is C12H13ClN2O3. The summed E-state index contributed by atoms with van der Waals surface area (Å²) in [5.74, 6) is -1.47. The van der Waals surface area contributed by atoms with Gasteiger partial charge in [0, 0.05) is 11.9 Å². The van der Waals surface area contributed by atoms with Crippen LogP contribution in [-0.2, 0) is 4.79 Å². The maximum Gasteiger partial charge on any atom is 0.326 e. The van der Waals surface area contributed by atoms with Crippen molar-refractivity contribution in [3.63, 3.8) is 0 Å². The molecule has 2 N–H and O–H groups in total. The fourth-order valence-corrected chi connectivity index (χ4v) is 2.02. The van der Waals surface area contributed by atoms with Crippen molar-refractivity contribution in [3.05, 3.63) is 28.5 Å². The van der Waals surface area contributed by atoms with Gasteiger partial charge in [-0.3, -0.25) is 9.78 Å². The number of carbonyl (C=O) groups excluding carboxylic acids is 1. The first-order valence-electron chi connectivity index (χ1n) is 5.65. The number of aryl methyl sites for hydroxylation is 1. The minimum absolute atomic E-state index is 0.0311. The number of pyridine rings is 1. The lowest BCUT2D eigenvalue weighted by Gasteiger charge is -2.14. The van der Waals surface area contributed by atoms with Gasteiger partial charge < -0.3 is 10.4 Å². The first kappa shape index (κ1) is 12.8. The van der Waals surface area contributed by atoms with E-state index >= 15 is 0 Å². The van der Waals surface area contributed by atoms with Gasteiger partial charge in [-0.2, -0.15) is 0 Å². The quantitative estimate of drug-likeness (QED) is 0.870. The summed E-state index contributed by atoms with van der Waals surface area (Å²) in [5.41, 5.74) is 0.905. The van der Waals surface area contributed by atoms with Crippen LogP contribution in [-0.4, -0.2) is 28.0 Å². The molecule has 0 aromatic carbocycles. The summed E-state index contributed by atoms with van der Waals surface area (Å²) in [7, 11) is 0. The molecule has 18 heavy (non-hydrogen) atoms. The van der Waals surface area contributed by atoms with E-state index in [0.29, 0.717) is 5.69 Å². The highest BCUT2D eigenvalue weighted by Gasteiger charge is 2.37. The number of rotatable bonds is 4. The summed E-state index contributed by atoms with van der Waals surface area (Å²) >= 11 is 5.93. The molecule has 0 spiro atoms. The van der Waals surface area contributed by atoms with Gasteiger partial charge >= 0.3 is 5.97 Å². The normalized spacial score (nSPS) is 16.1. The Kier molecular flexibility index (Phi) is 3.52. The van der Waals surface area contributed by atoms with E-state index in [0.717, 1.165) is 12.8 Å². The van der Waals surface area contributed by atoms with Gasteiger partial charge in [-0.15, -0.1) is 0 Å². The lowest BCUT2D eigenvalue weighted by atomic mass is 10.1. The van der Waals surface area contributed by atoms with Gasteiger partial charge in [0.05, 0.1) is 10.6 Å². The number of carboxylic acid groups (broad SMARTS) is 1. The maximum absolute atomic E-state index is 11.9. The molecule has 96 valence electrons. The number of aromatic nitrogens is 1. The van der Waals surface area contributed by atoms with Crippen molar-refractivity contribution in [2.24, 2.45) is 5.92 Å². The van der Waals surface area contributed by atoms with Crippen LogP contribution in [0.2, 0.25) is 5.02 Å². The predicted molar refractivity (Wildman–Crippen MR) is 65.6 cm³/mol. The smallest absolute Gasteiger partial charge is 0.326 e. The Balaban J connectivity index is 2.13. The van der Waals surface area contributed by atoms with Crippen molar-refractivity contribution in [2.45, 2.75) is 25.8 Å². The highest BCUT2D eigenvalue weighted by Crippen LogP contribution is 2.33. The van der Waals surface area contributed by atoms with Crippen LogP contribution in [0.4, 0.5) is 0 Å². The average molecular weight is 269 g/mol. The maximum atomic E-state index is 11.9. The van der Waals surface area contributed by atoms with E-state index in [-0.39, 0.29) is 16.5 Å². The Bertz CT molecular complexity index is 500. The number of halogens is 1. The Morgan fingerprint density at radius 3 is 2.72 bits per heavy atom. The highest BCUT2D eigenvalue weighted by atomic mass is 35.5. The van der Waals surface area contributed by atoms with Crippen LogP contribution in [0.1, 0.15) is 28.9 Å². The minimum atomic E-state index is -1.01. The predicted octanol–water partition coefficient (Wildman–Crippen LogP) is 1.64. The standard InChI is InChI=1S/C12H13ClN2O3/c1-6-4-9(13)8(5-14-6)11(16)15-10(12(17)18)7-2-3-7/h4-5,7,10H,2-3H2,1H3,(H,15,16)(H,17,18). The first-order valence-corrected chi connectivity index (χ1v) is 6.02. The zero-order valence-electron chi connectivity index (χ0n) is 9.81. The van der Waals surface area contributed by atoms with Crippen LogP contribution in [0.25, 0.3) is 0 Å². The molecule has 1 saturated carbocycles. The second kappa shape index (κ2) is 4.94. The summed E-state index contributed by atoms with van der Waals surface area (Å²) in [5, 5.41) is 11.8. The van der Waals surface area contributed by atoms with E-state index in [2.05, 4.69) is 10.3 Å². The topological polar surface area (TPSA) is 79.3 Å². The zero-order chi connectivity index (χ0) is 13.3. The number of amides is 1. The molecule has 0 radical (unpaired) electrons. The summed E-state index contributed by atoms with van der Waals surface area (Å²) in [6.07, 6.45) is 3.02. The van der Waals surface area contributed by atoms with Gasteiger partial charge in [0.15, 0.2) is 0 Å². The Hall–Kier alpha value is -1.62. The van der Waals surface area contributed by atoms with Crippen molar-refractivity contribution in [1.82, 2.24) is 10.3 Å². The van der Waals surface area contributed by atoms with Crippen molar-refractivity contribution in [3.8, 4) is 0 Å². The summed E-state index contributed by atoms with van der Waals surface area (Å²) in [4.78, 5) is 26.9. The van der Waals surface area contributed by atoms with Crippen molar-refractivity contribution in [1.29, 1.82) is 0 Å². The fraction of sp³-hybridized carbons (Fsp3) is 0.417. The molecule has 0 saturated heterocycles. The SMILES string of the molecule is Cc1cc(Cl)c(C(=O)NC(C(=O)O)C2CC2)cn1. The van der Waals surface area contributed by atoms with Gasteiger partial charge in [-0.05, 0) is 31.7 Å². The Morgan fingerprint density at radius 2 is 2.22 bits per heavy atom. The molecule has 0 bridgehead atoms. The number of hydrogen-bond acceptors (Lipinski definition) is 3. The van der Waals surface area contributed by atoms with Crippen molar-refractivity contribution in [2.75, 3.05) is 0 Å². The number of nitrogens with one attached hydrogen (secondary N) is 1. The van der Waals surface area contributed by atoms with E-state index in [1.165, 1.54) is 6.20 Å². The molecule has 1 aliphatic carbocycles. The molecule has 1 aromatic rings. The van der Waals surface area contributed by atoms with Crippen LogP contribution in [0.15, 0.2) is 12.3 Å².